The molecule has 1 aliphatic heterocycles. The van der Waals surface area contributed by atoms with E-state index in [1.54, 1.807) is 12.3 Å². The summed E-state index contributed by atoms with van der Waals surface area (Å²) in [5, 5.41) is 0. The fourth-order valence-corrected chi connectivity index (χ4v) is 3.43. The van der Waals surface area contributed by atoms with Crippen LogP contribution in [0.1, 0.15) is 33.7 Å². The first-order valence-corrected chi connectivity index (χ1v) is 8.71. The van der Waals surface area contributed by atoms with E-state index in [0.29, 0.717) is 19.0 Å². The molecule has 0 unspecified atom stereocenters. The molecule has 0 amide bonds. The molecule has 0 aliphatic carbocycles. The van der Waals surface area contributed by atoms with E-state index in [1.807, 2.05) is 26.8 Å². The van der Waals surface area contributed by atoms with Crippen molar-refractivity contribution in [2.45, 2.75) is 33.6 Å². The number of nitrogens with zero attached hydrogens (tertiary/aromatic N) is 1. The van der Waals surface area contributed by atoms with Gasteiger partial charge in [-0.25, -0.2) is 13.4 Å². The second-order valence-corrected chi connectivity index (χ2v) is 6.43. The Bertz CT molecular complexity index is 485. The summed E-state index contributed by atoms with van der Waals surface area (Å²) in [6.45, 7) is 7.22. The maximum absolute atomic E-state index is 12.0. The zero-order valence-electron chi connectivity index (χ0n) is 12.4. The van der Waals surface area contributed by atoms with Gasteiger partial charge in [-0.15, -0.1) is 0 Å². The van der Waals surface area contributed by atoms with E-state index < -0.39 is 10.0 Å². The number of hydrogen-bond donors (Lipinski definition) is 1. The number of nitrogens with one attached hydrogen (secondary N) is 1. The van der Waals surface area contributed by atoms with E-state index in [9.17, 15) is 8.42 Å². The predicted molar refractivity (Wildman–Crippen MR) is 83.4 cm³/mol. The highest BCUT2D eigenvalue weighted by atomic mass is 32.2. The number of rotatable bonds is 4. The Labute approximate surface area is 123 Å². The maximum atomic E-state index is 12.0. The molecule has 0 radical (unpaired) electrons. The second-order valence-electron chi connectivity index (χ2n) is 4.66. The summed E-state index contributed by atoms with van der Waals surface area (Å²) in [4.78, 5) is 4.04. The summed E-state index contributed by atoms with van der Waals surface area (Å²) < 4.78 is 31.7. The van der Waals surface area contributed by atoms with E-state index in [1.165, 1.54) is 0 Å². The minimum absolute atomic E-state index is 0. The SMILES string of the molecule is CC.Cc1ccc(NS(=O)(=O)CC2CCOCC2)nc1.[HH]. The van der Waals surface area contributed by atoms with Crippen LogP contribution in [0.2, 0.25) is 0 Å². The Morgan fingerprint density at radius 1 is 1.35 bits per heavy atom. The zero-order chi connectivity index (χ0) is 15.0. The molecule has 0 atom stereocenters. The quantitative estimate of drug-likeness (QED) is 0.928. The van der Waals surface area contributed by atoms with Crippen LogP contribution in [0.5, 0.6) is 0 Å². The summed E-state index contributed by atoms with van der Waals surface area (Å²) in [6, 6.07) is 3.51. The fraction of sp³-hybridized carbons (Fsp3) is 0.643. The third-order valence-electron chi connectivity index (χ3n) is 2.97. The predicted octanol–water partition coefficient (Wildman–Crippen LogP) is 2.83. The first-order chi connectivity index (χ1) is 9.55. The van der Waals surface area contributed by atoms with Crippen LogP contribution in [0.4, 0.5) is 5.82 Å². The molecule has 2 rings (SSSR count). The van der Waals surface area contributed by atoms with Crippen molar-refractivity contribution in [3.05, 3.63) is 23.9 Å². The van der Waals surface area contributed by atoms with Gasteiger partial charge >= 0.3 is 0 Å². The van der Waals surface area contributed by atoms with E-state index in [-0.39, 0.29) is 13.1 Å². The molecule has 0 aromatic carbocycles. The van der Waals surface area contributed by atoms with Crippen molar-refractivity contribution >= 4 is 15.8 Å². The lowest BCUT2D eigenvalue weighted by Crippen LogP contribution is -2.27. The first-order valence-electron chi connectivity index (χ1n) is 7.06. The number of aryl methyl sites for hydroxylation is 1. The van der Waals surface area contributed by atoms with Gasteiger partial charge in [-0.1, -0.05) is 19.9 Å². The Kier molecular flexibility index (Phi) is 6.95. The van der Waals surface area contributed by atoms with Crippen molar-refractivity contribution in [1.82, 2.24) is 4.98 Å². The standard InChI is InChI=1S/C12H18N2O3S.C2H6.H2/c1-10-2-3-12(13-8-10)14-18(15,16)9-11-4-6-17-7-5-11;1-2;/h2-3,8,11H,4-7,9H2,1H3,(H,13,14);1-2H3;1H. The Balaban J connectivity index is 0.00000128. The molecular formula is C14H26N2O3S. The van der Waals surface area contributed by atoms with Gasteiger partial charge in [0.15, 0.2) is 0 Å². The van der Waals surface area contributed by atoms with Crippen LogP contribution in [0.25, 0.3) is 0 Å². The van der Waals surface area contributed by atoms with E-state index in [0.717, 1.165) is 18.4 Å². The molecule has 0 saturated carbocycles. The van der Waals surface area contributed by atoms with E-state index >= 15 is 0 Å². The van der Waals surface area contributed by atoms with Crippen molar-refractivity contribution in [3.63, 3.8) is 0 Å². The molecule has 1 fully saturated rings. The van der Waals surface area contributed by atoms with E-state index in [2.05, 4.69) is 9.71 Å². The summed E-state index contributed by atoms with van der Waals surface area (Å²) in [5.41, 5.74) is 1.00. The third-order valence-corrected chi connectivity index (χ3v) is 4.40. The van der Waals surface area contributed by atoms with Crippen molar-refractivity contribution in [1.29, 1.82) is 0 Å². The molecule has 0 bridgehead atoms. The number of anilines is 1. The molecule has 0 spiro atoms. The van der Waals surface area contributed by atoms with Gasteiger partial charge in [0.2, 0.25) is 10.0 Å². The lowest BCUT2D eigenvalue weighted by Gasteiger charge is -2.21. The molecule has 1 aromatic heterocycles. The van der Waals surface area contributed by atoms with Crippen molar-refractivity contribution < 1.29 is 14.6 Å². The van der Waals surface area contributed by atoms with Crippen molar-refractivity contribution in [2.75, 3.05) is 23.7 Å². The number of aromatic nitrogens is 1. The van der Waals surface area contributed by atoms with Gasteiger partial charge in [0, 0.05) is 20.8 Å². The first kappa shape index (κ1) is 16.9. The normalized spacial score (nSPS) is 16.1. The molecule has 5 nitrogen and oxygen atoms in total. The van der Waals surface area contributed by atoms with Crippen LogP contribution in [0, 0.1) is 12.8 Å². The highest BCUT2D eigenvalue weighted by Gasteiger charge is 2.21. The van der Waals surface area contributed by atoms with Gasteiger partial charge in [0.25, 0.3) is 0 Å². The van der Waals surface area contributed by atoms with E-state index in [4.69, 9.17) is 4.74 Å². The van der Waals surface area contributed by atoms with Crippen LogP contribution in [0.15, 0.2) is 18.3 Å². The number of hydrogen-bond acceptors (Lipinski definition) is 4. The molecule has 116 valence electrons. The topological polar surface area (TPSA) is 68.3 Å². The van der Waals surface area contributed by atoms with Crippen LogP contribution in [0.3, 0.4) is 0 Å². The fourth-order valence-electron chi connectivity index (χ4n) is 1.95. The molecule has 1 N–H and O–H groups in total. The Morgan fingerprint density at radius 3 is 2.55 bits per heavy atom. The van der Waals surface area contributed by atoms with Crippen LogP contribution < -0.4 is 4.72 Å². The third kappa shape index (κ3) is 5.88. The summed E-state index contributed by atoms with van der Waals surface area (Å²) >= 11 is 0. The monoisotopic (exact) mass is 302 g/mol. The molecule has 6 heteroatoms. The Hall–Kier alpha value is -1.14. The second kappa shape index (κ2) is 8.21. The Morgan fingerprint density at radius 2 is 2.00 bits per heavy atom. The smallest absolute Gasteiger partial charge is 0.234 e. The highest BCUT2D eigenvalue weighted by Crippen LogP contribution is 2.18. The van der Waals surface area contributed by atoms with Gasteiger partial charge in [0.1, 0.15) is 5.82 Å². The molecule has 1 saturated heterocycles. The molecule has 20 heavy (non-hydrogen) atoms. The summed E-state index contributed by atoms with van der Waals surface area (Å²) in [7, 11) is -3.32. The molecular weight excluding hydrogens is 276 g/mol. The van der Waals surface area contributed by atoms with Crippen LogP contribution in [-0.2, 0) is 14.8 Å². The zero-order valence-corrected chi connectivity index (χ0v) is 13.2. The lowest BCUT2D eigenvalue weighted by atomic mass is 10.0. The average molecular weight is 302 g/mol. The maximum Gasteiger partial charge on any atom is 0.234 e. The van der Waals surface area contributed by atoms with Crippen molar-refractivity contribution in [3.8, 4) is 0 Å². The number of pyridine rings is 1. The van der Waals surface area contributed by atoms with Gasteiger partial charge in [0.05, 0.1) is 5.75 Å². The lowest BCUT2D eigenvalue weighted by molar-refractivity contribution is 0.0724. The molecule has 2 heterocycles. The summed E-state index contributed by atoms with van der Waals surface area (Å²) in [5.74, 6) is 0.709. The largest absolute Gasteiger partial charge is 0.381 e. The number of ether oxygens (including phenoxy) is 1. The summed E-state index contributed by atoms with van der Waals surface area (Å²) in [6.07, 6.45) is 3.26. The van der Waals surface area contributed by atoms with Gasteiger partial charge in [-0.2, -0.15) is 0 Å². The minimum atomic E-state index is -3.32. The molecule has 1 aromatic rings. The van der Waals surface area contributed by atoms with Gasteiger partial charge in [-0.05, 0) is 37.3 Å². The van der Waals surface area contributed by atoms with Crippen molar-refractivity contribution in [2.24, 2.45) is 5.92 Å². The highest BCUT2D eigenvalue weighted by molar-refractivity contribution is 7.92. The average Bonchev–Trinajstić information content (AvgIpc) is 2.44. The van der Waals surface area contributed by atoms with Gasteiger partial charge in [-0.3, -0.25) is 4.72 Å². The van der Waals surface area contributed by atoms with Crippen LogP contribution >= 0.6 is 0 Å². The number of sulfonamides is 1. The molecule has 1 aliphatic rings. The van der Waals surface area contributed by atoms with Gasteiger partial charge < -0.3 is 4.74 Å². The van der Waals surface area contributed by atoms with Crippen LogP contribution in [-0.4, -0.2) is 32.4 Å². The minimum Gasteiger partial charge on any atom is -0.381 e.